The van der Waals surface area contributed by atoms with E-state index in [9.17, 15) is 13.2 Å². The van der Waals surface area contributed by atoms with Gasteiger partial charge in [0.05, 0.1) is 18.6 Å². The molecule has 2 aromatic carbocycles. The zero-order valence-electron chi connectivity index (χ0n) is 20.0. The van der Waals surface area contributed by atoms with Crippen LogP contribution in [0.2, 0.25) is 0 Å². The van der Waals surface area contributed by atoms with Gasteiger partial charge in [0.15, 0.2) is 11.5 Å². The molecule has 0 aliphatic carbocycles. The SMILES string of the molecule is CCCCOc1ccc(/C=C/C(=O)NCc2ccc(S(=O)(=O)N(C)C(C)C)cc2)cc1OC. The summed E-state index contributed by atoms with van der Waals surface area (Å²) in [6.45, 7) is 6.66. The van der Waals surface area contributed by atoms with Crippen LogP contribution in [0.25, 0.3) is 6.08 Å². The van der Waals surface area contributed by atoms with E-state index in [0.717, 1.165) is 24.0 Å². The summed E-state index contributed by atoms with van der Waals surface area (Å²) in [7, 11) is -0.384. The first kappa shape index (κ1) is 26.4. The van der Waals surface area contributed by atoms with Gasteiger partial charge in [0.25, 0.3) is 0 Å². The highest BCUT2D eigenvalue weighted by atomic mass is 32.2. The maximum absolute atomic E-state index is 12.5. The smallest absolute Gasteiger partial charge is 0.244 e. The zero-order chi connectivity index (χ0) is 24.4. The van der Waals surface area contributed by atoms with Crippen LogP contribution in [0.15, 0.2) is 53.4 Å². The third-order valence-corrected chi connectivity index (χ3v) is 7.21. The molecule has 0 heterocycles. The molecule has 0 saturated carbocycles. The van der Waals surface area contributed by atoms with Crippen LogP contribution in [-0.4, -0.2) is 45.4 Å². The molecule has 0 spiro atoms. The molecule has 2 rings (SSSR count). The molecule has 0 bridgehead atoms. The number of nitrogens with zero attached hydrogens (tertiary/aromatic N) is 1. The van der Waals surface area contributed by atoms with E-state index in [-0.39, 0.29) is 23.4 Å². The highest BCUT2D eigenvalue weighted by molar-refractivity contribution is 7.89. The molecule has 0 saturated heterocycles. The Morgan fingerprint density at radius 3 is 2.42 bits per heavy atom. The molecule has 1 amide bonds. The lowest BCUT2D eigenvalue weighted by Crippen LogP contribution is -2.33. The summed E-state index contributed by atoms with van der Waals surface area (Å²) in [5.41, 5.74) is 1.62. The summed E-state index contributed by atoms with van der Waals surface area (Å²) in [6, 6.07) is 11.9. The van der Waals surface area contributed by atoms with Crippen molar-refractivity contribution in [3.63, 3.8) is 0 Å². The molecule has 8 heteroatoms. The van der Waals surface area contributed by atoms with Crippen molar-refractivity contribution in [3.05, 3.63) is 59.7 Å². The number of nitrogens with one attached hydrogen (secondary N) is 1. The molecular weight excluding hydrogens is 440 g/mol. The summed E-state index contributed by atoms with van der Waals surface area (Å²) in [4.78, 5) is 12.4. The van der Waals surface area contributed by atoms with E-state index >= 15 is 0 Å². The maximum atomic E-state index is 12.5. The lowest BCUT2D eigenvalue weighted by atomic mass is 10.2. The van der Waals surface area contributed by atoms with Crippen LogP contribution in [0.5, 0.6) is 11.5 Å². The number of benzene rings is 2. The number of unbranched alkanes of at least 4 members (excludes halogenated alkanes) is 1. The fourth-order valence-electron chi connectivity index (χ4n) is 2.88. The number of carbonyl (C=O) groups is 1. The first-order valence-corrected chi connectivity index (χ1v) is 12.5. The van der Waals surface area contributed by atoms with Crippen LogP contribution >= 0.6 is 0 Å². The molecule has 7 nitrogen and oxygen atoms in total. The largest absolute Gasteiger partial charge is 0.493 e. The molecule has 0 fully saturated rings. The van der Waals surface area contributed by atoms with Gasteiger partial charge >= 0.3 is 0 Å². The highest BCUT2D eigenvalue weighted by Gasteiger charge is 2.22. The minimum atomic E-state index is -3.53. The Morgan fingerprint density at radius 1 is 1.12 bits per heavy atom. The normalized spacial score (nSPS) is 11.8. The predicted molar refractivity (Wildman–Crippen MR) is 131 cm³/mol. The number of carbonyl (C=O) groups excluding carboxylic acids is 1. The Kier molecular flexibility index (Phi) is 9.94. The number of methoxy groups -OCH3 is 1. The van der Waals surface area contributed by atoms with E-state index in [1.807, 2.05) is 32.0 Å². The van der Waals surface area contributed by atoms with Gasteiger partial charge in [-0.05, 0) is 61.7 Å². The van der Waals surface area contributed by atoms with Crippen LogP contribution in [0, 0.1) is 0 Å². The van der Waals surface area contributed by atoms with Crippen molar-refractivity contribution in [2.45, 2.75) is 51.1 Å². The average molecular weight is 475 g/mol. The number of amides is 1. The van der Waals surface area contributed by atoms with Crippen molar-refractivity contribution in [2.24, 2.45) is 0 Å². The van der Waals surface area contributed by atoms with E-state index in [4.69, 9.17) is 9.47 Å². The molecule has 2 aromatic rings. The summed E-state index contributed by atoms with van der Waals surface area (Å²) in [5, 5.41) is 2.80. The zero-order valence-corrected chi connectivity index (χ0v) is 20.8. The number of hydrogen-bond donors (Lipinski definition) is 1. The van der Waals surface area contributed by atoms with Gasteiger partial charge in [0, 0.05) is 25.7 Å². The van der Waals surface area contributed by atoms with Gasteiger partial charge in [0.1, 0.15) is 0 Å². The Hall–Kier alpha value is -2.84. The van der Waals surface area contributed by atoms with E-state index in [2.05, 4.69) is 12.2 Å². The third-order valence-electron chi connectivity index (χ3n) is 5.16. The third kappa shape index (κ3) is 7.61. The van der Waals surface area contributed by atoms with Crippen LogP contribution in [-0.2, 0) is 21.4 Å². The van der Waals surface area contributed by atoms with E-state index in [0.29, 0.717) is 18.1 Å². The van der Waals surface area contributed by atoms with Gasteiger partial charge in [0.2, 0.25) is 15.9 Å². The van der Waals surface area contributed by atoms with Crippen LogP contribution in [0.1, 0.15) is 44.7 Å². The lowest BCUT2D eigenvalue weighted by molar-refractivity contribution is -0.116. The van der Waals surface area contributed by atoms with Gasteiger partial charge in [-0.25, -0.2) is 8.42 Å². The van der Waals surface area contributed by atoms with Gasteiger partial charge in [-0.15, -0.1) is 0 Å². The number of ether oxygens (including phenoxy) is 2. The minimum Gasteiger partial charge on any atom is -0.493 e. The number of hydrogen-bond acceptors (Lipinski definition) is 5. The van der Waals surface area contributed by atoms with Crippen molar-refractivity contribution in [1.29, 1.82) is 0 Å². The van der Waals surface area contributed by atoms with Gasteiger partial charge in [-0.3, -0.25) is 4.79 Å². The number of rotatable bonds is 12. The summed E-state index contributed by atoms with van der Waals surface area (Å²) in [6.07, 6.45) is 5.17. The van der Waals surface area contributed by atoms with Gasteiger partial charge in [-0.1, -0.05) is 31.5 Å². The summed E-state index contributed by atoms with van der Waals surface area (Å²) < 4.78 is 37.5. The van der Waals surface area contributed by atoms with E-state index in [1.54, 1.807) is 44.5 Å². The van der Waals surface area contributed by atoms with Crippen molar-refractivity contribution >= 4 is 22.0 Å². The Labute approximate surface area is 197 Å². The Morgan fingerprint density at radius 2 is 1.82 bits per heavy atom. The number of sulfonamides is 1. The Balaban J connectivity index is 1.95. The topological polar surface area (TPSA) is 84.9 Å². The van der Waals surface area contributed by atoms with Crippen LogP contribution < -0.4 is 14.8 Å². The van der Waals surface area contributed by atoms with Crippen molar-refractivity contribution in [2.75, 3.05) is 20.8 Å². The molecule has 0 aromatic heterocycles. The first-order chi connectivity index (χ1) is 15.7. The molecular formula is C25H34N2O5S. The predicted octanol–water partition coefficient (Wildman–Crippen LogP) is 4.23. The van der Waals surface area contributed by atoms with Crippen molar-refractivity contribution in [1.82, 2.24) is 9.62 Å². The molecule has 0 unspecified atom stereocenters. The molecule has 1 N–H and O–H groups in total. The molecule has 0 atom stereocenters. The fourth-order valence-corrected chi connectivity index (χ4v) is 4.24. The van der Waals surface area contributed by atoms with E-state index < -0.39 is 10.0 Å². The van der Waals surface area contributed by atoms with Gasteiger partial charge in [-0.2, -0.15) is 4.31 Å². The van der Waals surface area contributed by atoms with Crippen molar-refractivity contribution < 1.29 is 22.7 Å². The molecule has 0 aliphatic rings. The lowest BCUT2D eigenvalue weighted by Gasteiger charge is -2.21. The van der Waals surface area contributed by atoms with E-state index in [1.165, 1.54) is 10.4 Å². The molecule has 0 aliphatic heterocycles. The molecule has 33 heavy (non-hydrogen) atoms. The highest BCUT2D eigenvalue weighted by Crippen LogP contribution is 2.28. The quantitative estimate of drug-likeness (QED) is 0.368. The van der Waals surface area contributed by atoms with Crippen LogP contribution in [0.4, 0.5) is 0 Å². The second-order valence-corrected chi connectivity index (χ2v) is 9.92. The maximum Gasteiger partial charge on any atom is 0.244 e. The van der Waals surface area contributed by atoms with Gasteiger partial charge < -0.3 is 14.8 Å². The van der Waals surface area contributed by atoms with Crippen molar-refractivity contribution in [3.8, 4) is 11.5 Å². The molecule has 180 valence electrons. The van der Waals surface area contributed by atoms with Crippen LogP contribution in [0.3, 0.4) is 0 Å². The monoisotopic (exact) mass is 474 g/mol. The Bertz CT molecular complexity index is 1050. The second-order valence-electron chi connectivity index (χ2n) is 7.92. The summed E-state index contributed by atoms with van der Waals surface area (Å²) >= 11 is 0. The second kappa shape index (κ2) is 12.4. The summed E-state index contributed by atoms with van der Waals surface area (Å²) in [5.74, 6) is 1.04. The first-order valence-electron chi connectivity index (χ1n) is 11.0. The standard InChI is InChI=1S/C25H34N2O5S/c1-6-7-16-32-23-14-10-20(17-24(23)31-5)11-15-25(28)26-18-21-8-12-22(13-9-21)33(29,30)27(4)19(2)3/h8-15,17,19H,6-7,16,18H2,1-5H3,(H,26,28)/b15-11+. The minimum absolute atomic E-state index is 0.134. The fraction of sp³-hybridized carbons (Fsp3) is 0.400. The average Bonchev–Trinajstić information content (AvgIpc) is 2.81. The molecule has 0 radical (unpaired) electrons.